The molecule has 4 rings (SSSR count). The fraction of sp³-hybridized carbons (Fsp3) is 0.444. The second kappa shape index (κ2) is 6.76. The minimum atomic E-state index is -0.0706. The third-order valence-electron chi connectivity index (χ3n) is 4.58. The number of nitrogens with zero attached hydrogens (tertiary/aromatic N) is 1. The zero-order chi connectivity index (χ0) is 16.5. The van der Waals surface area contributed by atoms with Gasteiger partial charge in [0.2, 0.25) is 0 Å². The predicted octanol–water partition coefficient (Wildman–Crippen LogP) is 5.37. The number of aromatic nitrogens is 2. The highest BCUT2D eigenvalue weighted by Crippen LogP contribution is 2.38. The van der Waals surface area contributed by atoms with E-state index in [4.69, 9.17) is 9.40 Å². The molecule has 126 valence electrons. The smallest absolute Gasteiger partial charge is 0.260 e. The highest BCUT2D eigenvalue weighted by molar-refractivity contribution is 8.00. The Labute approximate surface area is 148 Å². The van der Waals surface area contributed by atoms with Crippen molar-refractivity contribution in [3.05, 3.63) is 40.0 Å². The molecule has 0 radical (unpaired) electrons. The average molecular weight is 361 g/mol. The van der Waals surface area contributed by atoms with E-state index in [1.165, 1.54) is 43.4 Å². The zero-order valence-corrected chi connectivity index (χ0v) is 15.2. The molecule has 0 saturated heterocycles. The van der Waals surface area contributed by atoms with E-state index in [2.05, 4.69) is 11.9 Å². The van der Waals surface area contributed by atoms with Gasteiger partial charge in [-0.1, -0.05) is 19.3 Å². The van der Waals surface area contributed by atoms with E-state index in [-0.39, 0.29) is 10.8 Å². The summed E-state index contributed by atoms with van der Waals surface area (Å²) in [6, 6.07) is 3.70. The molecule has 4 nitrogen and oxygen atoms in total. The Kier molecular flexibility index (Phi) is 4.50. The molecule has 1 fully saturated rings. The van der Waals surface area contributed by atoms with Crippen molar-refractivity contribution in [2.24, 2.45) is 0 Å². The Hall–Kier alpha value is -1.53. The van der Waals surface area contributed by atoms with Crippen LogP contribution in [0.15, 0.2) is 33.0 Å². The van der Waals surface area contributed by atoms with Crippen molar-refractivity contribution >= 4 is 33.3 Å². The van der Waals surface area contributed by atoms with Crippen molar-refractivity contribution in [1.29, 1.82) is 0 Å². The summed E-state index contributed by atoms with van der Waals surface area (Å²) in [4.78, 5) is 21.2. The van der Waals surface area contributed by atoms with Gasteiger partial charge in [-0.25, -0.2) is 4.98 Å². The molecule has 1 atom stereocenters. The van der Waals surface area contributed by atoms with Crippen LogP contribution in [0.4, 0.5) is 0 Å². The first-order valence-electron chi connectivity index (χ1n) is 8.43. The van der Waals surface area contributed by atoms with Crippen LogP contribution in [-0.2, 0) is 0 Å². The maximum absolute atomic E-state index is 12.6. The van der Waals surface area contributed by atoms with Gasteiger partial charge in [-0.2, -0.15) is 0 Å². The van der Waals surface area contributed by atoms with Gasteiger partial charge in [0.1, 0.15) is 16.4 Å². The number of H-pyrrole nitrogens is 1. The van der Waals surface area contributed by atoms with Crippen molar-refractivity contribution in [1.82, 2.24) is 9.97 Å². The molecule has 0 amide bonds. The first-order valence-corrected chi connectivity index (χ1v) is 10.3. The van der Waals surface area contributed by atoms with Crippen LogP contribution in [0.2, 0.25) is 0 Å². The van der Waals surface area contributed by atoms with Crippen LogP contribution in [0.25, 0.3) is 21.5 Å². The van der Waals surface area contributed by atoms with Gasteiger partial charge in [0.15, 0.2) is 0 Å². The fourth-order valence-corrected chi connectivity index (χ4v) is 5.68. The highest BCUT2D eigenvalue weighted by Gasteiger charge is 2.21. The fourth-order valence-electron chi connectivity index (χ4n) is 3.33. The third kappa shape index (κ3) is 3.05. The summed E-state index contributed by atoms with van der Waals surface area (Å²) >= 11 is 3.45. The third-order valence-corrected chi connectivity index (χ3v) is 6.94. The Morgan fingerprint density at radius 1 is 1.38 bits per heavy atom. The molecule has 1 aliphatic rings. The Balaban J connectivity index is 1.64. The molecule has 6 heteroatoms. The molecule has 24 heavy (non-hydrogen) atoms. The SMILES string of the molecule is CC(SC1CCCCC1)c1nc2scc(-c3ccco3)c2c(=O)[nH]1. The monoisotopic (exact) mass is 360 g/mol. The second-order valence-corrected chi connectivity index (χ2v) is 8.80. The lowest BCUT2D eigenvalue weighted by Crippen LogP contribution is -2.15. The van der Waals surface area contributed by atoms with Gasteiger partial charge in [-0.15, -0.1) is 23.1 Å². The molecular weight excluding hydrogens is 340 g/mol. The van der Waals surface area contributed by atoms with Gasteiger partial charge in [-0.05, 0) is 31.9 Å². The number of thioether (sulfide) groups is 1. The number of rotatable bonds is 4. The molecule has 1 unspecified atom stereocenters. The average Bonchev–Trinajstić information content (AvgIpc) is 3.24. The topological polar surface area (TPSA) is 58.9 Å². The van der Waals surface area contributed by atoms with Gasteiger partial charge >= 0.3 is 0 Å². The van der Waals surface area contributed by atoms with E-state index in [1.807, 2.05) is 29.3 Å². The number of hydrogen-bond acceptors (Lipinski definition) is 5. The quantitative estimate of drug-likeness (QED) is 0.679. The molecular formula is C18H20N2O2S2. The minimum Gasteiger partial charge on any atom is -0.464 e. The van der Waals surface area contributed by atoms with Gasteiger partial charge in [0, 0.05) is 16.2 Å². The van der Waals surface area contributed by atoms with E-state index in [0.717, 1.165) is 16.2 Å². The summed E-state index contributed by atoms with van der Waals surface area (Å²) < 4.78 is 5.44. The van der Waals surface area contributed by atoms with E-state index < -0.39 is 0 Å². The first kappa shape index (κ1) is 16.0. The van der Waals surface area contributed by atoms with E-state index in [1.54, 1.807) is 6.26 Å². The van der Waals surface area contributed by atoms with Crippen molar-refractivity contribution in [3.8, 4) is 11.3 Å². The molecule has 0 aromatic carbocycles. The van der Waals surface area contributed by atoms with Crippen molar-refractivity contribution in [2.45, 2.75) is 49.5 Å². The lowest BCUT2D eigenvalue weighted by Gasteiger charge is -2.23. The standard InChI is InChI=1S/C18H20N2O2S2/c1-11(24-12-6-3-2-4-7-12)16-19-17(21)15-13(10-23-18(15)20-16)14-8-5-9-22-14/h5,8-12H,2-4,6-7H2,1H3,(H,19,20,21). The Morgan fingerprint density at radius 2 is 2.21 bits per heavy atom. The largest absolute Gasteiger partial charge is 0.464 e. The van der Waals surface area contributed by atoms with Crippen LogP contribution in [0.1, 0.15) is 50.1 Å². The van der Waals surface area contributed by atoms with Crippen molar-refractivity contribution < 1.29 is 4.42 Å². The van der Waals surface area contributed by atoms with Crippen LogP contribution in [0.3, 0.4) is 0 Å². The zero-order valence-electron chi connectivity index (χ0n) is 13.6. The second-order valence-electron chi connectivity index (χ2n) is 6.30. The summed E-state index contributed by atoms with van der Waals surface area (Å²) in [5.41, 5.74) is 0.756. The minimum absolute atomic E-state index is 0.0706. The van der Waals surface area contributed by atoms with Gasteiger partial charge in [-0.3, -0.25) is 4.79 Å². The maximum atomic E-state index is 12.6. The van der Waals surface area contributed by atoms with Crippen LogP contribution < -0.4 is 5.56 Å². The molecule has 1 saturated carbocycles. The molecule has 3 aromatic heterocycles. The lowest BCUT2D eigenvalue weighted by molar-refractivity contribution is 0.515. The van der Waals surface area contributed by atoms with Crippen LogP contribution >= 0.6 is 23.1 Å². The molecule has 3 heterocycles. The molecule has 0 spiro atoms. The summed E-state index contributed by atoms with van der Waals surface area (Å²) in [5.74, 6) is 1.50. The van der Waals surface area contributed by atoms with E-state index in [9.17, 15) is 4.79 Å². The molecule has 0 bridgehead atoms. The summed E-state index contributed by atoms with van der Waals surface area (Å²) in [6.45, 7) is 2.14. The number of aromatic amines is 1. The number of furan rings is 1. The molecule has 3 aromatic rings. The number of nitrogens with one attached hydrogen (secondary N) is 1. The summed E-state index contributed by atoms with van der Waals surface area (Å²) in [7, 11) is 0. The Bertz CT molecular complexity index is 876. The predicted molar refractivity (Wildman–Crippen MR) is 101 cm³/mol. The Morgan fingerprint density at radius 3 is 2.96 bits per heavy atom. The highest BCUT2D eigenvalue weighted by atomic mass is 32.2. The van der Waals surface area contributed by atoms with Crippen molar-refractivity contribution in [2.75, 3.05) is 0 Å². The van der Waals surface area contributed by atoms with Gasteiger partial charge < -0.3 is 9.40 Å². The van der Waals surface area contributed by atoms with Crippen molar-refractivity contribution in [3.63, 3.8) is 0 Å². The van der Waals surface area contributed by atoms with Crippen LogP contribution in [0, 0.1) is 0 Å². The normalized spacial score (nSPS) is 17.4. The lowest BCUT2D eigenvalue weighted by atomic mass is 10.0. The maximum Gasteiger partial charge on any atom is 0.260 e. The summed E-state index contributed by atoms with van der Waals surface area (Å²) in [6.07, 6.45) is 8.19. The molecule has 1 aliphatic carbocycles. The van der Waals surface area contributed by atoms with Gasteiger partial charge in [0.05, 0.1) is 16.9 Å². The summed E-state index contributed by atoms with van der Waals surface area (Å²) in [5, 5.41) is 3.48. The van der Waals surface area contributed by atoms with E-state index in [0.29, 0.717) is 16.4 Å². The van der Waals surface area contributed by atoms with Gasteiger partial charge in [0.25, 0.3) is 5.56 Å². The van der Waals surface area contributed by atoms with Crippen LogP contribution in [0.5, 0.6) is 0 Å². The molecule has 0 aliphatic heterocycles. The van der Waals surface area contributed by atoms with E-state index >= 15 is 0 Å². The molecule has 1 N–H and O–H groups in total. The first-order chi connectivity index (χ1) is 11.7. The van der Waals surface area contributed by atoms with Crippen LogP contribution in [-0.4, -0.2) is 15.2 Å². The number of fused-ring (bicyclic) bond motifs is 1. The number of hydrogen-bond donors (Lipinski definition) is 1. The number of thiophene rings is 1.